The second-order valence-corrected chi connectivity index (χ2v) is 5.02. The summed E-state index contributed by atoms with van der Waals surface area (Å²) in [6.45, 7) is 4.31. The molecule has 0 fully saturated rings. The van der Waals surface area contributed by atoms with Gasteiger partial charge in [-0.05, 0) is 36.1 Å². The van der Waals surface area contributed by atoms with Crippen molar-refractivity contribution < 1.29 is 0 Å². The number of pyridine rings is 1. The molecule has 20 heavy (non-hydrogen) atoms. The number of hydrogen-bond donors (Lipinski definition) is 2. The second kappa shape index (κ2) is 6.48. The number of thiocarbonyl (C=S) groups is 1. The number of rotatable bonds is 5. The van der Waals surface area contributed by atoms with Gasteiger partial charge in [-0.3, -0.25) is 0 Å². The molecule has 0 saturated carbocycles. The van der Waals surface area contributed by atoms with Crippen LogP contribution in [0.1, 0.15) is 30.5 Å². The smallest absolute Gasteiger partial charge is 0.130 e. The van der Waals surface area contributed by atoms with Crippen molar-refractivity contribution in [1.29, 1.82) is 0 Å². The highest BCUT2D eigenvalue weighted by atomic mass is 32.1. The zero-order chi connectivity index (χ0) is 14.5. The molecule has 0 bridgehead atoms. The summed E-state index contributed by atoms with van der Waals surface area (Å²) in [5, 5.41) is 3.41. The Kier molecular flexibility index (Phi) is 4.69. The van der Waals surface area contributed by atoms with Gasteiger partial charge in [-0.15, -0.1) is 0 Å². The van der Waals surface area contributed by atoms with Crippen LogP contribution in [-0.2, 0) is 12.8 Å². The molecule has 0 aliphatic rings. The van der Waals surface area contributed by atoms with E-state index in [1.165, 1.54) is 11.1 Å². The molecule has 0 saturated heterocycles. The minimum atomic E-state index is 0.368. The highest BCUT2D eigenvalue weighted by molar-refractivity contribution is 7.80. The van der Waals surface area contributed by atoms with E-state index in [1.807, 2.05) is 12.1 Å². The van der Waals surface area contributed by atoms with E-state index in [1.54, 1.807) is 6.20 Å². The van der Waals surface area contributed by atoms with Crippen LogP contribution in [0.4, 0.5) is 11.5 Å². The summed E-state index contributed by atoms with van der Waals surface area (Å²) < 4.78 is 0. The molecular formula is C16H19N3S. The van der Waals surface area contributed by atoms with E-state index in [0.717, 1.165) is 29.9 Å². The van der Waals surface area contributed by atoms with E-state index >= 15 is 0 Å². The highest BCUT2D eigenvalue weighted by Crippen LogP contribution is 2.25. The first kappa shape index (κ1) is 14.5. The topological polar surface area (TPSA) is 50.9 Å². The predicted octanol–water partition coefficient (Wildman–Crippen LogP) is 3.58. The summed E-state index contributed by atoms with van der Waals surface area (Å²) in [6, 6.07) is 10.2. The first-order valence-electron chi connectivity index (χ1n) is 6.79. The molecule has 0 unspecified atom stereocenters. The Hall–Kier alpha value is -1.94. The third-order valence-electron chi connectivity index (χ3n) is 3.30. The van der Waals surface area contributed by atoms with E-state index in [9.17, 15) is 0 Å². The molecule has 3 N–H and O–H groups in total. The minimum Gasteiger partial charge on any atom is -0.389 e. The van der Waals surface area contributed by atoms with E-state index in [0.29, 0.717) is 4.99 Å². The molecule has 4 heteroatoms. The monoisotopic (exact) mass is 285 g/mol. The number of aromatic nitrogens is 1. The Morgan fingerprint density at radius 1 is 1.15 bits per heavy atom. The maximum absolute atomic E-state index is 5.58. The standard InChI is InChI=1S/C16H19N3S/c1-3-11-6-5-7-12(4-2)15(11)19-14-9-8-13(10-18-14)16(17)20/h5-10H,3-4H2,1-2H3,(H2,17,20)(H,18,19). The van der Waals surface area contributed by atoms with E-state index in [-0.39, 0.29) is 0 Å². The highest BCUT2D eigenvalue weighted by Gasteiger charge is 2.07. The van der Waals surface area contributed by atoms with Crippen molar-refractivity contribution in [1.82, 2.24) is 4.98 Å². The van der Waals surface area contributed by atoms with Gasteiger partial charge in [-0.1, -0.05) is 44.3 Å². The number of benzene rings is 1. The van der Waals surface area contributed by atoms with Crippen molar-refractivity contribution in [2.24, 2.45) is 5.73 Å². The Labute approximate surface area is 125 Å². The van der Waals surface area contributed by atoms with Crippen molar-refractivity contribution in [3.05, 3.63) is 53.2 Å². The lowest BCUT2D eigenvalue weighted by Crippen LogP contribution is -2.10. The molecule has 1 aromatic carbocycles. The predicted molar refractivity (Wildman–Crippen MR) is 88.6 cm³/mol. The Morgan fingerprint density at radius 3 is 2.25 bits per heavy atom. The van der Waals surface area contributed by atoms with Crippen LogP contribution in [0.15, 0.2) is 36.5 Å². The molecule has 0 aliphatic carbocycles. The van der Waals surface area contributed by atoms with Gasteiger partial charge in [0.25, 0.3) is 0 Å². The molecule has 0 amide bonds. The summed E-state index contributed by atoms with van der Waals surface area (Å²) in [5.74, 6) is 0.806. The van der Waals surface area contributed by atoms with Crippen LogP contribution in [-0.4, -0.2) is 9.97 Å². The molecule has 0 radical (unpaired) electrons. The number of para-hydroxylation sites is 1. The maximum atomic E-state index is 5.58. The lowest BCUT2D eigenvalue weighted by molar-refractivity contribution is 1.08. The molecule has 3 nitrogen and oxygen atoms in total. The molecule has 2 aromatic rings. The molecule has 104 valence electrons. The van der Waals surface area contributed by atoms with Gasteiger partial charge in [0.1, 0.15) is 10.8 Å². The van der Waals surface area contributed by atoms with Crippen LogP contribution in [0.2, 0.25) is 0 Å². The van der Waals surface area contributed by atoms with E-state index in [4.69, 9.17) is 18.0 Å². The zero-order valence-electron chi connectivity index (χ0n) is 11.8. The Balaban J connectivity index is 2.31. The van der Waals surface area contributed by atoms with Crippen LogP contribution in [0.25, 0.3) is 0 Å². The number of nitrogens with zero attached hydrogens (tertiary/aromatic N) is 1. The van der Waals surface area contributed by atoms with Gasteiger partial charge in [0, 0.05) is 17.4 Å². The summed E-state index contributed by atoms with van der Waals surface area (Å²) >= 11 is 4.93. The van der Waals surface area contributed by atoms with Gasteiger partial charge in [-0.25, -0.2) is 4.98 Å². The minimum absolute atomic E-state index is 0.368. The van der Waals surface area contributed by atoms with Crippen molar-refractivity contribution in [2.45, 2.75) is 26.7 Å². The van der Waals surface area contributed by atoms with E-state index < -0.39 is 0 Å². The first-order valence-corrected chi connectivity index (χ1v) is 7.20. The fourth-order valence-corrected chi connectivity index (χ4v) is 2.27. The number of anilines is 2. The van der Waals surface area contributed by atoms with Crippen LogP contribution >= 0.6 is 12.2 Å². The van der Waals surface area contributed by atoms with Crippen LogP contribution in [0.5, 0.6) is 0 Å². The van der Waals surface area contributed by atoms with Gasteiger partial charge >= 0.3 is 0 Å². The molecule has 0 spiro atoms. The lowest BCUT2D eigenvalue weighted by atomic mass is 10.0. The van der Waals surface area contributed by atoms with Crippen molar-refractivity contribution in [2.75, 3.05) is 5.32 Å². The maximum Gasteiger partial charge on any atom is 0.130 e. The Morgan fingerprint density at radius 2 is 1.80 bits per heavy atom. The number of aryl methyl sites for hydroxylation is 2. The third-order valence-corrected chi connectivity index (χ3v) is 3.54. The van der Waals surface area contributed by atoms with E-state index in [2.05, 4.69) is 42.3 Å². The number of nitrogens with two attached hydrogens (primary N) is 1. The molecule has 1 aromatic heterocycles. The van der Waals surface area contributed by atoms with Gasteiger partial charge in [-0.2, -0.15) is 0 Å². The summed E-state index contributed by atoms with van der Waals surface area (Å²) in [7, 11) is 0. The first-order chi connectivity index (χ1) is 9.65. The summed E-state index contributed by atoms with van der Waals surface area (Å²) in [6.07, 6.45) is 3.67. The van der Waals surface area contributed by atoms with Crippen molar-refractivity contribution in [3.8, 4) is 0 Å². The molecule has 0 aliphatic heterocycles. The average molecular weight is 285 g/mol. The molecule has 2 rings (SSSR count). The quantitative estimate of drug-likeness (QED) is 0.824. The largest absolute Gasteiger partial charge is 0.389 e. The summed E-state index contributed by atoms with van der Waals surface area (Å²) in [5.41, 5.74) is 10.1. The average Bonchev–Trinajstić information content (AvgIpc) is 2.48. The Bertz CT molecular complexity index is 583. The van der Waals surface area contributed by atoms with Crippen molar-refractivity contribution in [3.63, 3.8) is 0 Å². The summed E-state index contributed by atoms with van der Waals surface area (Å²) in [4.78, 5) is 4.74. The third kappa shape index (κ3) is 3.14. The van der Waals surface area contributed by atoms with Gasteiger partial charge in [0.15, 0.2) is 0 Å². The molecular weight excluding hydrogens is 266 g/mol. The number of hydrogen-bond acceptors (Lipinski definition) is 3. The fourth-order valence-electron chi connectivity index (χ4n) is 2.14. The molecule has 1 heterocycles. The van der Waals surface area contributed by atoms with Gasteiger partial charge in [0.05, 0.1) is 0 Å². The van der Waals surface area contributed by atoms with Gasteiger partial charge < -0.3 is 11.1 Å². The zero-order valence-corrected chi connectivity index (χ0v) is 12.6. The number of nitrogens with one attached hydrogen (secondary N) is 1. The molecule has 0 atom stereocenters. The SMILES string of the molecule is CCc1cccc(CC)c1Nc1ccc(C(N)=S)cn1. The van der Waals surface area contributed by atoms with Crippen molar-refractivity contribution >= 4 is 28.7 Å². The second-order valence-electron chi connectivity index (χ2n) is 4.58. The fraction of sp³-hybridized carbons (Fsp3) is 0.250. The van der Waals surface area contributed by atoms with Crippen LogP contribution in [0.3, 0.4) is 0 Å². The van der Waals surface area contributed by atoms with Crippen LogP contribution < -0.4 is 11.1 Å². The lowest BCUT2D eigenvalue weighted by Gasteiger charge is -2.15. The van der Waals surface area contributed by atoms with Gasteiger partial charge in [0.2, 0.25) is 0 Å². The van der Waals surface area contributed by atoms with Crippen LogP contribution in [0, 0.1) is 0 Å². The normalized spacial score (nSPS) is 10.3.